The van der Waals surface area contributed by atoms with Crippen molar-refractivity contribution in [3.8, 4) is 0 Å². The molecule has 2 N–H and O–H groups in total. The number of amides is 1. The van der Waals surface area contributed by atoms with Gasteiger partial charge >= 0.3 is 0 Å². The van der Waals surface area contributed by atoms with Crippen molar-refractivity contribution in [1.29, 1.82) is 0 Å². The Morgan fingerprint density at radius 3 is 2.60 bits per heavy atom. The third kappa shape index (κ3) is 2.02. The molecule has 0 aliphatic carbocycles. The Balaban J connectivity index is 2.29. The molecule has 80 valence electrons. The van der Waals surface area contributed by atoms with Gasteiger partial charge in [-0.3, -0.25) is 10.1 Å². The lowest BCUT2D eigenvalue weighted by molar-refractivity contribution is 0.0946. The maximum Gasteiger partial charge on any atom is 0.253 e. The smallest absolute Gasteiger partial charge is 0.253 e. The van der Waals surface area contributed by atoms with E-state index in [0.29, 0.717) is 0 Å². The molecule has 1 heterocycles. The third-order valence-electron chi connectivity index (χ3n) is 2.37. The average molecular weight is 204 g/mol. The number of hydrogen-bond acceptors (Lipinski definition) is 2. The SMILES string of the molecule is CC(C)(C)NC1NC(=O)c2ccccc21. The molecule has 2 rings (SSSR count). The Morgan fingerprint density at radius 2 is 1.93 bits per heavy atom. The van der Waals surface area contributed by atoms with Crippen LogP contribution in [0.1, 0.15) is 42.9 Å². The number of carbonyl (C=O) groups excluding carboxylic acids is 1. The Hall–Kier alpha value is -1.35. The molecule has 3 nitrogen and oxygen atoms in total. The predicted molar refractivity (Wildman–Crippen MR) is 59.5 cm³/mol. The third-order valence-corrected chi connectivity index (χ3v) is 2.37. The number of hydrogen-bond donors (Lipinski definition) is 2. The van der Waals surface area contributed by atoms with Crippen molar-refractivity contribution in [2.75, 3.05) is 0 Å². The summed E-state index contributed by atoms with van der Waals surface area (Å²) in [6.45, 7) is 6.25. The van der Waals surface area contributed by atoms with Crippen LogP contribution in [0.2, 0.25) is 0 Å². The molecule has 1 aliphatic heterocycles. The van der Waals surface area contributed by atoms with Crippen molar-refractivity contribution in [2.45, 2.75) is 32.5 Å². The van der Waals surface area contributed by atoms with E-state index in [4.69, 9.17) is 0 Å². The molecular formula is C12H16N2O. The number of benzene rings is 1. The maximum absolute atomic E-state index is 11.6. The zero-order valence-corrected chi connectivity index (χ0v) is 9.29. The molecule has 1 unspecified atom stereocenters. The van der Waals surface area contributed by atoms with Crippen molar-refractivity contribution in [3.05, 3.63) is 35.4 Å². The van der Waals surface area contributed by atoms with E-state index in [-0.39, 0.29) is 17.6 Å². The summed E-state index contributed by atoms with van der Waals surface area (Å²) in [5.41, 5.74) is 1.80. The zero-order valence-electron chi connectivity index (χ0n) is 9.29. The Kier molecular flexibility index (Phi) is 2.27. The molecule has 1 aromatic carbocycles. The summed E-state index contributed by atoms with van der Waals surface area (Å²) >= 11 is 0. The molecule has 3 heteroatoms. The molecule has 0 fully saturated rings. The number of rotatable bonds is 1. The summed E-state index contributed by atoms with van der Waals surface area (Å²) in [6, 6.07) is 7.68. The van der Waals surface area contributed by atoms with Gasteiger partial charge in [-0.2, -0.15) is 0 Å². The fourth-order valence-electron chi connectivity index (χ4n) is 1.79. The highest BCUT2D eigenvalue weighted by molar-refractivity contribution is 5.99. The van der Waals surface area contributed by atoms with E-state index >= 15 is 0 Å². The lowest BCUT2D eigenvalue weighted by Gasteiger charge is -2.26. The molecule has 0 spiro atoms. The minimum Gasteiger partial charge on any atom is -0.333 e. The number of fused-ring (bicyclic) bond motifs is 1. The molecule has 1 aliphatic rings. The first-order valence-electron chi connectivity index (χ1n) is 5.15. The largest absolute Gasteiger partial charge is 0.333 e. The predicted octanol–water partition coefficient (Wildman–Crippen LogP) is 1.82. The van der Waals surface area contributed by atoms with Crippen molar-refractivity contribution in [2.24, 2.45) is 0 Å². The van der Waals surface area contributed by atoms with Gasteiger partial charge in [0.05, 0.1) is 0 Å². The highest BCUT2D eigenvalue weighted by atomic mass is 16.2. The van der Waals surface area contributed by atoms with Crippen LogP contribution in [-0.4, -0.2) is 11.4 Å². The maximum atomic E-state index is 11.6. The van der Waals surface area contributed by atoms with Gasteiger partial charge in [0.25, 0.3) is 5.91 Å². The van der Waals surface area contributed by atoms with Gasteiger partial charge in [0.1, 0.15) is 6.17 Å². The summed E-state index contributed by atoms with van der Waals surface area (Å²) in [5, 5.41) is 6.30. The van der Waals surface area contributed by atoms with Gasteiger partial charge in [-0.15, -0.1) is 0 Å². The van der Waals surface area contributed by atoms with Crippen LogP contribution in [0.3, 0.4) is 0 Å². The van der Waals surface area contributed by atoms with E-state index in [1.165, 1.54) is 0 Å². The molecule has 0 saturated heterocycles. The Labute approximate surface area is 89.9 Å². The zero-order chi connectivity index (χ0) is 11.1. The highest BCUT2D eigenvalue weighted by Crippen LogP contribution is 2.24. The van der Waals surface area contributed by atoms with E-state index in [0.717, 1.165) is 11.1 Å². The first kappa shape index (κ1) is 10.2. The molecule has 1 atom stereocenters. The van der Waals surface area contributed by atoms with Crippen molar-refractivity contribution >= 4 is 5.91 Å². The second-order valence-electron chi connectivity index (χ2n) is 4.89. The van der Waals surface area contributed by atoms with Crippen LogP contribution in [0, 0.1) is 0 Å². The number of carbonyl (C=O) groups is 1. The van der Waals surface area contributed by atoms with Crippen LogP contribution in [0.5, 0.6) is 0 Å². The molecule has 15 heavy (non-hydrogen) atoms. The lowest BCUT2D eigenvalue weighted by atomic mass is 10.1. The summed E-state index contributed by atoms with van der Waals surface area (Å²) in [5.74, 6) is 0.00681. The summed E-state index contributed by atoms with van der Waals surface area (Å²) in [4.78, 5) is 11.6. The second-order valence-corrected chi connectivity index (χ2v) is 4.89. The van der Waals surface area contributed by atoms with Gasteiger partial charge in [0.2, 0.25) is 0 Å². The first-order valence-corrected chi connectivity index (χ1v) is 5.15. The van der Waals surface area contributed by atoms with Crippen LogP contribution in [0.4, 0.5) is 0 Å². The molecule has 0 radical (unpaired) electrons. The van der Waals surface area contributed by atoms with Gasteiger partial charge in [0, 0.05) is 16.7 Å². The van der Waals surface area contributed by atoms with Crippen LogP contribution in [0.25, 0.3) is 0 Å². The lowest BCUT2D eigenvalue weighted by Crippen LogP contribution is -2.43. The summed E-state index contributed by atoms with van der Waals surface area (Å²) in [7, 11) is 0. The van der Waals surface area contributed by atoms with E-state index in [9.17, 15) is 4.79 Å². The van der Waals surface area contributed by atoms with E-state index < -0.39 is 0 Å². The molecule has 1 aromatic rings. The fourth-order valence-corrected chi connectivity index (χ4v) is 1.79. The van der Waals surface area contributed by atoms with Crippen molar-refractivity contribution in [1.82, 2.24) is 10.6 Å². The average Bonchev–Trinajstić information content (AvgIpc) is 2.42. The normalized spacial score (nSPS) is 19.9. The summed E-state index contributed by atoms with van der Waals surface area (Å²) < 4.78 is 0. The molecule has 1 amide bonds. The summed E-state index contributed by atoms with van der Waals surface area (Å²) in [6.07, 6.45) is -0.0614. The van der Waals surface area contributed by atoms with Crippen LogP contribution >= 0.6 is 0 Å². The van der Waals surface area contributed by atoms with E-state index in [2.05, 4.69) is 31.4 Å². The van der Waals surface area contributed by atoms with Gasteiger partial charge < -0.3 is 5.32 Å². The van der Waals surface area contributed by atoms with Gasteiger partial charge in [-0.25, -0.2) is 0 Å². The molecular weight excluding hydrogens is 188 g/mol. The van der Waals surface area contributed by atoms with Crippen LogP contribution in [-0.2, 0) is 0 Å². The van der Waals surface area contributed by atoms with Crippen molar-refractivity contribution in [3.63, 3.8) is 0 Å². The number of nitrogens with one attached hydrogen (secondary N) is 2. The highest BCUT2D eigenvalue weighted by Gasteiger charge is 2.30. The van der Waals surface area contributed by atoms with Gasteiger partial charge in [-0.05, 0) is 26.8 Å². The molecule has 0 saturated carbocycles. The molecule has 0 aromatic heterocycles. The van der Waals surface area contributed by atoms with Gasteiger partial charge in [0.15, 0.2) is 0 Å². The minimum absolute atomic E-state index is 0.00681. The minimum atomic E-state index is -0.0614. The Bertz CT molecular complexity index is 393. The Morgan fingerprint density at radius 1 is 1.27 bits per heavy atom. The second kappa shape index (κ2) is 3.35. The monoisotopic (exact) mass is 204 g/mol. The van der Waals surface area contributed by atoms with E-state index in [1.807, 2.05) is 24.3 Å². The molecule has 0 bridgehead atoms. The standard InChI is InChI=1S/C12H16N2O/c1-12(2,3)14-10-8-6-4-5-7-9(8)11(15)13-10/h4-7,10,14H,1-3H3,(H,13,15). The van der Waals surface area contributed by atoms with Crippen molar-refractivity contribution < 1.29 is 4.79 Å². The topological polar surface area (TPSA) is 41.1 Å². The quantitative estimate of drug-likeness (QED) is 0.732. The fraction of sp³-hybridized carbons (Fsp3) is 0.417. The first-order chi connectivity index (χ1) is 6.97. The van der Waals surface area contributed by atoms with Crippen LogP contribution in [0.15, 0.2) is 24.3 Å². The van der Waals surface area contributed by atoms with Gasteiger partial charge in [-0.1, -0.05) is 18.2 Å². The van der Waals surface area contributed by atoms with E-state index in [1.54, 1.807) is 0 Å². The van der Waals surface area contributed by atoms with Crippen LogP contribution < -0.4 is 10.6 Å².